The number of amides is 2. The highest BCUT2D eigenvalue weighted by molar-refractivity contribution is 6.39. The number of carbonyl (C=O) groups is 3. The van der Waals surface area contributed by atoms with Crippen molar-refractivity contribution in [2.24, 2.45) is 0 Å². The van der Waals surface area contributed by atoms with Gasteiger partial charge in [-0.25, -0.2) is 13.8 Å². The molecule has 5 rings (SSSR count). The average molecular weight is 626 g/mol. The SMILES string of the molecule is O=C(O)CCC(=O)N1CCN(c2ccc(Nc3ncc(C(=O)N(Cl)c4ccccc4F)c(NCC4CCCO4)n3)cc2)CC1. The summed E-state index contributed by atoms with van der Waals surface area (Å²) in [6.45, 7) is 3.41. The predicted octanol–water partition coefficient (Wildman–Crippen LogP) is 4.26. The second kappa shape index (κ2) is 14.3. The van der Waals surface area contributed by atoms with Crippen molar-refractivity contribution in [3.05, 3.63) is 66.1 Å². The molecule has 1 atom stereocenters. The maximum atomic E-state index is 14.3. The molecule has 12 nitrogen and oxygen atoms in total. The fourth-order valence-corrected chi connectivity index (χ4v) is 5.27. The Morgan fingerprint density at radius 1 is 1.07 bits per heavy atom. The van der Waals surface area contributed by atoms with Crippen molar-refractivity contribution in [2.45, 2.75) is 31.8 Å². The first-order chi connectivity index (χ1) is 21.3. The molecule has 3 N–H and O–H groups in total. The number of anilines is 5. The predicted molar refractivity (Wildman–Crippen MR) is 164 cm³/mol. The normalized spacial score (nSPS) is 16.5. The third-order valence-corrected chi connectivity index (χ3v) is 7.79. The van der Waals surface area contributed by atoms with Gasteiger partial charge >= 0.3 is 5.97 Å². The summed E-state index contributed by atoms with van der Waals surface area (Å²) in [7, 11) is 0. The first-order valence-electron chi connectivity index (χ1n) is 14.4. The zero-order valence-corrected chi connectivity index (χ0v) is 24.7. The molecular formula is C30H33ClFN7O5. The van der Waals surface area contributed by atoms with Gasteiger partial charge in [-0.15, -0.1) is 0 Å². The van der Waals surface area contributed by atoms with E-state index in [-0.39, 0.29) is 47.9 Å². The van der Waals surface area contributed by atoms with E-state index in [0.717, 1.165) is 18.5 Å². The Morgan fingerprint density at radius 3 is 2.50 bits per heavy atom. The number of halogens is 2. The number of rotatable bonds is 11. The number of nitrogens with one attached hydrogen (secondary N) is 2. The van der Waals surface area contributed by atoms with Gasteiger partial charge < -0.3 is 30.3 Å². The largest absolute Gasteiger partial charge is 0.481 e. The molecule has 0 spiro atoms. The maximum absolute atomic E-state index is 14.3. The molecule has 1 aromatic heterocycles. The number of carboxylic acid groups (broad SMARTS) is 1. The van der Waals surface area contributed by atoms with Gasteiger partial charge in [-0.05, 0) is 49.2 Å². The third-order valence-electron chi connectivity index (χ3n) is 7.46. The zero-order chi connectivity index (χ0) is 31.1. The third kappa shape index (κ3) is 7.71. The summed E-state index contributed by atoms with van der Waals surface area (Å²) in [6, 6.07) is 13.3. The Hall–Kier alpha value is -4.49. The van der Waals surface area contributed by atoms with Crippen LogP contribution in [0.5, 0.6) is 0 Å². The van der Waals surface area contributed by atoms with E-state index in [1.54, 1.807) is 11.0 Å². The number of ether oxygens (including phenoxy) is 1. The number of hydrogen-bond donors (Lipinski definition) is 3. The summed E-state index contributed by atoms with van der Waals surface area (Å²) in [5.74, 6) is -1.98. The van der Waals surface area contributed by atoms with Crippen LogP contribution < -0.4 is 20.0 Å². The summed E-state index contributed by atoms with van der Waals surface area (Å²) in [5.41, 5.74) is 1.68. The summed E-state index contributed by atoms with van der Waals surface area (Å²) in [4.78, 5) is 49.0. The molecule has 3 heterocycles. The van der Waals surface area contributed by atoms with Crippen LogP contribution in [0.2, 0.25) is 0 Å². The molecule has 2 aliphatic heterocycles. The highest BCUT2D eigenvalue weighted by Crippen LogP contribution is 2.27. The van der Waals surface area contributed by atoms with E-state index in [4.69, 9.17) is 21.6 Å². The van der Waals surface area contributed by atoms with E-state index in [9.17, 15) is 18.8 Å². The summed E-state index contributed by atoms with van der Waals surface area (Å²) >= 11 is 6.27. The number of hydrogen-bond acceptors (Lipinski definition) is 9. The van der Waals surface area contributed by atoms with Gasteiger partial charge in [-0.2, -0.15) is 4.98 Å². The number of aromatic nitrogens is 2. The molecule has 2 amide bonds. The molecular weight excluding hydrogens is 593 g/mol. The van der Waals surface area contributed by atoms with Gasteiger partial charge in [0.25, 0.3) is 5.91 Å². The molecule has 0 radical (unpaired) electrons. The first-order valence-corrected chi connectivity index (χ1v) is 14.7. The molecule has 0 bridgehead atoms. The topological polar surface area (TPSA) is 140 Å². The molecule has 3 aromatic rings. The second-order valence-corrected chi connectivity index (χ2v) is 10.8. The van der Waals surface area contributed by atoms with Crippen molar-refractivity contribution < 1.29 is 28.6 Å². The summed E-state index contributed by atoms with van der Waals surface area (Å²) in [6.07, 6.45) is 2.99. The zero-order valence-electron chi connectivity index (χ0n) is 23.9. The number of piperazine rings is 1. The standard InChI is InChI=1S/C30H33ClFN7O5/c31-39(25-6-2-1-5-24(25)32)29(43)23-19-34-30(36-28(23)33-18-22-4-3-17-44-22)35-20-7-9-21(10-8-20)37-13-15-38(16-14-37)26(40)11-12-27(41)42/h1-2,5-10,19,22H,3-4,11-18H2,(H,41,42)(H2,33,34,35,36). The molecule has 1 unspecified atom stereocenters. The van der Waals surface area contributed by atoms with Crippen LogP contribution in [0.4, 0.5) is 33.2 Å². The van der Waals surface area contributed by atoms with Crippen LogP contribution in [0.25, 0.3) is 0 Å². The lowest BCUT2D eigenvalue weighted by atomic mass is 10.2. The van der Waals surface area contributed by atoms with Crippen LogP contribution in [-0.2, 0) is 14.3 Å². The number of carbonyl (C=O) groups excluding carboxylic acids is 2. The minimum Gasteiger partial charge on any atom is -0.481 e. The summed E-state index contributed by atoms with van der Waals surface area (Å²) < 4.78 is 20.7. The lowest BCUT2D eigenvalue weighted by molar-refractivity contribution is -0.141. The van der Waals surface area contributed by atoms with Gasteiger partial charge in [-0.3, -0.25) is 14.4 Å². The van der Waals surface area contributed by atoms with Crippen LogP contribution >= 0.6 is 11.8 Å². The van der Waals surface area contributed by atoms with Gasteiger partial charge in [0, 0.05) is 75.1 Å². The number of aliphatic carboxylic acids is 1. The fraction of sp³-hybridized carbons (Fsp3) is 0.367. The smallest absolute Gasteiger partial charge is 0.303 e. The Morgan fingerprint density at radius 2 is 1.82 bits per heavy atom. The molecule has 44 heavy (non-hydrogen) atoms. The monoisotopic (exact) mass is 625 g/mol. The number of nitrogens with zero attached hydrogens (tertiary/aromatic N) is 5. The fourth-order valence-electron chi connectivity index (χ4n) is 5.05. The highest BCUT2D eigenvalue weighted by Gasteiger charge is 2.25. The molecule has 2 saturated heterocycles. The van der Waals surface area contributed by atoms with Crippen LogP contribution in [0.1, 0.15) is 36.0 Å². The molecule has 2 fully saturated rings. The molecule has 232 valence electrons. The number of para-hydroxylation sites is 1. The Balaban J connectivity index is 1.25. The number of carboxylic acids is 1. The Labute approximate surface area is 258 Å². The van der Waals surface area contributed by atoms with E-state index in [0.29, 0.717) is 49.4 Å². The van der Waals surface area contributed by atoms with Crippen LogP contribution in [0, 0.1) is 5.82 Å². The summed E-state index contributed by atoms with van der Waals surface area (Å²) in [5, 5.41) is 15.1. The van der Waals surface area contributed by atoms with Crippen molar-refractivity contribution in [3.8, 4) is 0 Å². The van der Waals surface area contributed by atoms with Crippen LogP contribution in [0.3, 0.4) is 0 Å². The van der Waals surface area contributed by atoms with Crippen molar-refractivity contribution in [1.29, 1.82) is 0 Å². The van der Waals surface area contributed by atoms with Crippen molar-refractivity contribution in [3.63, 3.8) is 0 Å². The quantitative estimate of drug-likeness (QED) is 0.265. The van der Waals surface area contributed by atoms with Crippen molar-refractivity contribution >= 4 is 58.4 Å². The minimum atomic E-state index is -0.978. The van der Waals surface area contributed by atoms with E-state index in [1.807, 2.05) is 24.3 Å². The van der Waals surface area contributed by atoms with Crippen LogP contribution in [-0.4, -0.2) is 83.2 Å². The van der Waals surface area contributed by atoms with Crippen molar-refractivity contribution in [1.82, 2.24) is 14.9 Å². The Bertz CT molecular complexity index is 1480. The molecule has 0 saturated carbocycles. The van der Waals surface area contributed by atoms with Gasteiger partial charge in [0.1, 0.15) is 17.2 Å². The number of benzene rings is 2. The van der Waals surface area contributed by atoms with E-state index in [2.05, 4.69) is 25.5 Å². The maximum Gasteiger partial charge on any atom is 0.303 e. The minimum absolute atomic E-state index is 0.00815. The van der Waals surface area contributed by atoms with E-state index >= 15 is 0 Å². The van der Waals surface area contributed by atoms with Gasteiger partial charge in [0.2, 0.25) is 11.9 Å². The molecule has 0 aliphatic carbocycles. The lowest BCUT2D eigenvalue weighted by Gasteiger charge is -2.36. The Kier molecular flexibility index (Phi) is 10.1. The van der Waals surface area contributed by atoms with Gasteiger partial charge in [-0.1, -0.05) is 12.1 Å². The van der Waals surface area contributed by atoms with Gasteiger partial charge in [0.15, 0.2) is 0 Å². The van der Waals surface area contributed by atoms with Crippen LogP contribution in [0.15, 0.2) is 54.7 Å². The molecule has 2 aromatic carbocycles. The van der Waals surface area contributed by atoms with E-state index in [1.165, 1.54) is 24.4 Å². The van der Waals surface area contributed by atoms with E-state index < -0.39 is 17.7 Å². The van der Waals surface area contributed by atoms with Crippen molar-refractivity contribution in [2.75, 3.05) is 59.3 Å². The first kappa shape index (κ1) is 31.0. The highest BCUT2D eigenvalue weighted by atomic mass is 35.5. The second-order valence-electron chi connectivity index (χ2n) is 10.4. The molecule has 14 heteroatoms. The lowest BCUT2D eigenvalue weighted by Crippen LogP contribution is -2.48. The molecule has 2 aliphatic rings. The van der Waals surface area contributed by atoms with Gasteiger partial charge in [0.05, 0.1) is 18.2 Å². The average Bonchev–Trinajstić information content (AvgIpc) is 3.57.